The number of fused-ring (bicyclic) bond motifs is 12. The molecular formula is C46H24N2O4. The number of benzene rings is 7. The minimum absolute atomic E-state index is 0.587. The molecule has 0 bridgehead atoms. The van der Waals surface area contributed by atoms with Crippen molar-refractivity contribution in [2.75, 3.05) is 0 Å². The van der Waals surface area contributed by atoms with Crippen LogP contribution < -0.4 is 0 Å². The van der Waals surface area contributed by atoms with Gasteiger partial charge in [-0.15, -0.1) is 0 Å². The molecule has 0 radical (unpaired) electrons. The van der Waals surface area contributed by atoms with E-state index in [1.807, 2.05) is 91.0 Å². The molecule has 0 aliphatic carbocycles. The van der Waals surface area contributed by atoms with Gasteiger partial charge in [-0.3, -0.25) is 0 Å². The first-order valence-corrected chi connectivity index (χ1v) is 17.2. The maximum absolute atomic E-state index is 6.73. The average Bonchev–Trinajstić information content (AvgIpc) is 3.96. The molecule has 12 rings (SSSR count). The molecule has 7 aromatic carbocycles. The Hall–Kier alpha value is -7.18. The van der Waals surface area contributed by atoms with E-state index in [2.05, 4.69) is 54.6 Å². The van der Waals surface area contributed by atoms with E-state index in [0.29, 0.717) is 17.1 Å². The van der Waals surface area contributed by atoms with Gasteiger partial charge in [-0.25, -0.2) is 9.97 Å². The lowest BCUT2D eigenvalue weighted by Gasteiger charge is -2.08. The van der Waals surface area contributed by atoms with Crippen LogP contribution in [0.1, 0.15) is 0 Å². The van der Waals surface area contributed by atoms with Crippen LogP contribution in [0.25, 0.3) is 122 Å². The Morgan fingerprint density at radius 2 is 0.846 bits per heavy atom. The minimum Gasteiger partial charge on any atom is -0.456 e. The highest BCUT2D eigenvalue weighted by molar-refractivity contribution is 6.17. The van der Waals surface area contributed by atoms with Crippen molar-refractivity contribution in [1.82, 2.24) is 9.97 Å². The van der Waals surface area contributed by atoms with Crippen LogP contribution >= 0.6 is 0 Å². The zero-order chi connectivity index (χ0) is 33.9. The molecule has 12 aromatic rings. The number of hydrogen-bond donors (Lipinski definition) is 0. The largest absolute Gasteiger partial charge is 0.456 e. The van der Waals surface area contributed by atoms with E-state index < -0.39 is 0 Å². The lowest BCUT2D eigenvalue weighted by atomic mass is 10.00. The summed E-state index contributed by atoms with van der Waals surface area (Å²) >= 11 is 0. The van der Waals surface area contributed by atoms with Gasteiger partial charge in [0.15, 0.2) is 11.4 Å². The molecule has 0 atom stereocenters. The zero-order valence-corrected chi connectivity index (χ0v) is 27.4. The van der Waals surface area contributed by atoms with E-state index in [4.69, 9.17) is 27.6 Å². The van der Waals surface area contributed by atoms with Gasteiger partial charge in [0.05, 0.1) is 0 Å². The summed E-state index contributed by atoms with van der Waals surface area (Å²) in [5, 5.41) is 7.08. The molecule has 0 saturated carbocycles. The van der Waals surface area contributed by atoms with Gasteiger partial charge in [-0.05, 0) is 65.7 Å². The summed E-state index contributed by atoms with van der Waals surface area (Å²) in [5.74, 6) is 0.587. The quantitative estimate of drug-likeness (QED) is 0.186. The van der Waals surface area contributed by atoms with Crippen LogP contribution in [0.5, 0.6) is 0 Å². The summed E-state index contributed by atoms with van der Waals surface area (Å²) in [4.78, 5) is 10.7. The van der Waals surface area contributed by atoms with Gasteiger partial charge in [0.2, 0.25) is 0 Å². The summed E-state index contributed by atoms with van der Waals surface area (Å²) in [6.45, 7) is 0. The van der Waals surface area contributed by atoms with Crippen LogP contribution in [0.2, 0.25) is 0 Å². The molecule has 0 amide bonds. The molecular weight excluding hydrogens is 645 g/mol. The van der Waals surface area contributed by atoms with Crippen molar-refractivity contribution >= 4 is 87.9 Å². The van der Waals surface area contributed by atoms with E-state index in [1.165, 1.54) is 0 Å². The molecule has 5 aromatic heterocycles. The lowest BCUT2D eigenvalue weighted by molar-refractivity contribution is 0.667. The van der Waals surface area contributed by atoms with Crippen LogP contribution in [0.4, 0.5) is 0 Å². The minimum atomic E-state index is 0.587. The van der Waals surface area contributed by atoms with Gasteiger partial charge in [0, 0.05) is 48.8 Å². The van der Waals surface area contributed by atoms with E-state index in [0.717, 1.165) is 105 Å². The number of rotatable bonds is 3. The summed E-state index contributed by atoms with van der Waals surface area (Å²) in [7, 11) is 0. The smallest absolute Gasteiger partial charge is 0.180 e. The Kier molecular flexibility index (Phi) is 5.41. The van der Waals surface area contributed by atoms with Crippen LogP contribution in [-0.2, 0) is 0 Å². The van der Waals surface area contributed by atoms with E-state index in [-0.39, 0.29) is 0 Å². The van der Waals surface area contributed by atoms with E-state index >= 15 is 0 Å². The van der Waals surface area contributed by atoms with Gasteiger partial charge >= 0.3 is 0 Å². The van der Waals surface area contributed by atoms with Crippen molar-refractivity contribution in [1.29, 1.82) is 0 Å². The standard InChI is InChI=1S/C46H24N2O4/c1-4-14-34-27(9-1)32-23-25(19-21-37(32)49-34)26-20-22-38-33(24-26)44-45(52-38)43(30-12-7-17-39-41(30)28-10-2-5-15-35(28)50-39)47-46(48-44)31-13-8-18-40-42(31)29-11-3-6-16-36(29)51-40/h1-24H. The molecule has 6 nitrogen and oxygen atoms in total. The zero-order valence-electron chi connectivity index (χ0n) is 27.4. The first-order chi connectivity index (χ1) is 25.7. The third-order valence-corrected chi connectivity index (χ3v) is 10.3. The Balaban J connectivity index is 1.16. The molecule has 0 aliphatic heterocycles. The van der Waals surface area contributed by atoms with Crippen LogP contribution in [-0.4, -0.2) is 9.97 Å². The SMILES string of the molecule is c1ccc2c(c1)oc1ccc(-c3ccc4oc5c(-c6cccc7oc8ccccc8c67)nc(-c6cccc7oc8ccccc8c67)nc5c4c3)cc12. The van der Waals surface area contributed by atoms with Gasteiger partial charge in [0.25, 0.3) is 0 Å². The molecule has 6 heteroatoms. The molecule has 0 aliphatic rings. The second-order valence-corrected chi connectivity index (χ2v) is 13.2. The fraction of sp³-hybridized carbons (Fsp3) is 0. The first kappa shape index (κ1) is 27.6. The third kappa shape index (κ3) is 3.83. The van der Waals surface area contributed by atoms with E-state index in [9.17, 15) is 0 Å². The van der Waals surface area contributed by atoms with Crippen molar-refractivity contribution in [2.24, 2.45) is 0 Å². The fourth-order valence-electron chi connectivity index (χ4n) is 7.96. The van der Waals surface area contributed by atoms with Crippen molar-refractivity contribution in [3.63, 3.8) is 0 Å². The van der Waals surface area contributed by atoms with E-state index in [1.54, 1.807) is 0 Å². The molecule has 0 saturated heterocycles. The van der Waals surface area contributed by atoms with Crippen molar-refractivity contribution < 1.29 is 17.7 Å². The van der Waals surface area contributed by atoms with Crippen molar-refractivity contribution in [2.45, 2.75) is 0 Å². The van der Waals surface area contributed by atoms with Crippen molar-refractivity contribution in [3.8, 4) is 33.8 Å². The predicted octanol–water partition coefficient (Wildman–Crippen LogP) is 13.1. The highest BCUT2D eigenvalue weighted by Gasteiger charge is 2.24. The molecule has 0 fully saturated rings. The van der Waals surface area contributed by atoms with Gasteiger partial charge in [-0.1, -0.05) is 91.0 Å². The highest BCUT2D eigenvalue weighted by atomic mass is 16.3. The second-order valence-electron chi connectivity index (χ2n) is 13.2. The molecule has 242 valence electrons. The maximum atomic E-state index is 6.73. The van der Waals surface area contributed by atoms with Crippen molar-refractivity contribution in [3.05, 3.63) is 146 Å². The second kappa shape index (κ2) is 10.2. The Morgan fingerprint density at radius 3 is 1.54 bits per heavy atom. The molecule has 52 heavy (non-hydrogen) atoms. The summed E-state index contributed by atoms with van der Waals surface area (Å²) in [6.07, 6.45) is 0. The maximum Gasteiger partial charge on any atom is 0.180 e. The normalized spacial score (nSPS) is 12.2. The number of hydrogen-bond acceptors (Lipinski definition) is 6. The summed E-state index contributed by atoms with van der Waals surface area (Å²) in [6, 6.07) is 49.2. The Labute approximate surface area is 294 Å². The van der Waals surface area contributed by atoms with Crippen LogP contribution in [0.3, 0.4) is 0 Å². The third-order valence-electron chi connectivity index (χ3n) is 10.3. The molecule has 0 N–H and O–H groups in total. The topological polar surface area (TPSA) is 78.3 Å². The monoisotopic (exact) mass is 668 g/mol. The average molecular weight is 669 g/mol. The fourth-order valence-corrected chi connectivity index (χ4v) is 7.96. The Bertz CT molecular complexity index is 3430. The summed E-state index contributed by atoms with van der Waals surface area (Å²) in [5.41, 5.74) is 11.7. The lowest BCUT2D eigenvalue weighted by Crippen LogP contribution is -1.95. The Morgan fingerprint density at radius 1 is 0.346 bits per heavy atom. The number of aromatic nitrogens is 2. The number of nitrogens with zero attached hydrogens (tertiary/aromatic N) is 2. The highest BCUT2D eigenvalue weighted by Crippen LogP contribution is 2.44. The predicted molar refractivity (Wildman–Crippen MR) is 207 cm³/mol. The molecule has 0 spiro atoms. The first-order valence-electron chi connectivity index (χ1n) is 17.2. The number of furan rings is 4. The van der Waals surface area contributed by atoms with Crippen LogP contribution in [0.15, 0.2) is 163 Å². The molecule has 0 unspecified atom stereocenters. The van der Waals surface area contributed by atoms with Gasteiger partial charge in [-0.2, -0.15) is 0 Å². The van der Waals surface area contributed by atoms with Gasteiger partial charge in [0.1, 0.15) is 50.3 Å². The summed E-state index contributed by atoms with van der Waals surface area (Å²) < 4.78 is 25.5. The van der Waals surface area contributed by atoms with Crippen LogP contribution in [0, 0.1) is 0 Å². The number of para-hydroxylation sites is 3. The molecule has 5 heterocycles. The van der Waals surface area contributed by atoms with Gasteiger partial charge < -0.3 is 17.7 Å².